The Bertz CT molecular complexity index is 1900. The van der Waals surface area contributed by atoms with Crippen LogP contribution in [0.3, 0.4) is 0 Å². The van der Waals surface area contributed by atoms with Crippen LogP contribution in [-0.2, 0) is 42.5 Å². The Morgan fingerprint density at radius 3 is 2.38 bits per heavy atom. The lowest BCUT2D eigenvalue weighted by atomic mass is 9.93. The standard InChI is InChI=1S/C38H45ClN6O2S/c1-48(46,47)44-19-15-37-35(27-44)38(40-45(37)17-5-16-41-20-22-42(23-21-41)32-6-3-2-4-7-32)30-10-13-36(39)34(25-30)29-9-8-28-14-18-43(33-11-12-33)26-31(28)24-29/h2-4,6-10,13,24-25,33H,5,11-12,14-23,26-27H2,1H3. The number of halogens is 1. The summed E-state index contributed by atoms with van der Waals surface area (Å²) >= 11 is 6.88. The minimum absolute atomic E-state index is 0.346. The van der Waals surface area contributed by atoms with Crippen LogP contribution in [0.15, 0.2) is 66.7 Å². The molecule has 252 valence electrons. The van der Waals surface area contributed by atoms with Crippen molar-refractivity contribution in [2.45, 2.75) is 57.8 Å². The van der Waals surface area contributed by atoms with Crippen LogP contribution in [0.5, 0.6) is 0 Å². The van der Waals surface area contributed by atoms with Gasteiger partial charge in [-0.05, 0) is 72.7 Å². The Labute approximate surface area is 289 Å². The predicted molar refractivity (Wildman–Crippen MR) is 194 cm³/mol. The number of piperazine rings is 1. The SMILES string of the molecule is CS(=O)(=O)N1CCc2c(c(-c3ccc(Cl)c(-c4ccc5c(c4)CN(C4CC4)CC5)c3)nn2CCCN2CCN(c3ccccc3)CC2)C1. The highest BCUT2D eigenvalue weighted by atomic mass is 35.5. The van der Waals surface area contributed by atoms with E-state index in [-0.39, 0.29) is 0 Å². The topological polar surface area (TPSA) is 64.9 Å². The van der Waals surface area contributed by atoms with Crippen LogP contribution < -0.4 is 4.90 Å². The molecule has 3 aliphatic heterocycles. The Morgan fingerprint density at radius 1 is 0.812 bits per heavy atom. The van der Waals surface area contributed by atoms with Crippen LogP contribution in [0.25, 0.3) is 22.4 Å². The van der Waals surface area contributed by atoms with Crippen molar-refractivity contribution in [1.82, 2.24) is 23.9 Å². The van der Waals surface area contributed by atoms with E-state index in [9.17, 15) is 8.42 Å². The lowest BCUT2D eigenvalue weighted by molar-refractivity contribution is 0.244. The number of fused-ring (bicyclic) bond motifs is 2. The molecule has 10 heteroatoms. The summed E-state index contributed by atoms with van der Waals surface area (Å²) in [6.07, 6.45) is 6.71. The molecule has 2 fully saturated rings. The molecule has 1 aliphatic carbocycles. The maximum absolute atomic E-state index is 12.7. The zero-order valence-corrected chi connectivity index (χ0v) is 29.4. The first-order chi connectivity index (χ1) is 23.3. The van der Waals surface area contributed by atoms with Gasteiger partial charge in [-0.15, -0.1) is 0 Å². The van der Waals surface area contributed by atoms with Crippen molar-refractivity contribution < 1.29 is 8.42 Å². The summed E-state index contributed by atoms with van der Waals surface area (Å²) in [5.74, 6) is 0. The Balaban J connectivity index is 1.03. The summed E-state index contributed by atoms with van der Waals surface area (Å²) < 4.78 is 29.0. The van der Waals surface area contributed by atoms with Crippen LogP contribution in [0.1, 0.15) is 41.6 Å². The van der Waals surface area contributed by atoms with Gasteiger partial charge in [0.2, 0.25) is 10.0 Å². The number of nitrogens with zero attached hydrogens (tertiary/aromatic N) is 6. The zero-order valence-electron chi connectivity index (χ0n) is 27.8. The number of hydrogen-bond acceptors (Lipinski definition) is 6. The number of anilines is 1. The van der Waals surface area contributed by atoms with E-state index in [0.717, 1.165) is 105 Å². The third-order valence-corrected chi connectivity index (χ3v) is 12.3. The first-order valence-electron chi connectivity index (χ1n) is 17.5. The molecule has 0 bridgehead atoms. The van der Waals surface area contributed by atoms with Gasteiger partial charge in [0.05, 0.1) is 11.9 Å². The van der Waals surface area contributed by atoms with Crippen molar-refractivity contribution in [3.63, 3.8) is 0 Å². The first-order valence-corrected chi connectivity index (χ1v) is 19.7. The summed E-state index contributed by atoms with van der Waals surface area (Å²) in [5, 5.41) is 5.92. The molecule has 4 aliphatic rings. The van der Waals surface area contributed by atoms with Crippen LogP contribution in [0, 0.1) is 0 Å². The maximum atomic E-state index is 12.7. The quantitative estimate of drug-likeness (QED) is 0.218. The molecular formula is C38H45ClN6O2S. The Hall–Kier alpha value is -3.21. The minimum Gasteiger partial charge on any atom is -0.369 e. The van der Waals surface area contributed by atoms with Gasteiger partial charge < -0.3 is 4.90 Å². The highest BCUT2D eigenvalue weighted by Gasteiger charge is 2.32. The summed E-state index contributed by atoms with van der Waals surface area (Å²) in [5.41, 5.74) is 10.3. The van der Waals surface area contributed by atoms with Gasteiger partial charge in [0.15, 0.2) is 0 Å². The summed E-state index contributed by atoms with van der Waals surface area (Å²) in [4.78, 5) is 7.64. The first kappa shape index (κ1) is 32.0. The van der Waals surface area contributed by atoms with Gasteiger partial charge >= 0.3 is 0 Å². The smallest absolute Gasteiger partial charge is 0.211 e. The molecule has 8 rings (SSSR count). The van der Waals surface area contributed by atoms with E-state index in [4.69, 9.17) is 16.7 Å². The van der Waals surface area contributed by atoms with Crippen LogP contribution in [0.4, 0.5) is 5.69 Å². The molecule has 3 aromatic carbocycles. The van der Waals surface area contributed by atoms with Crippen molar-refractivity contribution in [3.8, 4) is 22.4 Å². The molecule has 1 saturated carbocycles. The van der Waals surface area contributed by atoms with Crippen molar-refractivity contribution in [2.24, 2.45) is 0 Å². The molecular weight excluding hydrogens is 640 g/mol. The second kappa shape index (κ2) is 13.2. The van der Waals surface area contributed by atoms with Gasteiger partial charge in [-0.1, -0.05) is 48.0 Å². The van der Waals surface area contributed by atoms with Gasteiger partial charge in [0.1, 0.15) is 0 Å². The molecule has 0 N–H and O–H groups in total. The molecule has 0 unspecified atom stereocenters. The molecule has 4 heterocycles. The van der Waals surface area contributed by atoms with Gasteiger partial charge in [-0.2, -0.15) is 9.40 Å². The van der Waals surface area contributed by atoms with Crippen LogP contribution >= 0.6 is 11.6 Å². The van der Waals surface area contributed by atoms with Crippen LogP contribution in [-0.4, -0.2) is 90.4 Å². The van der Waals surface area contributed by atoms with Crippen LogP contribution in [0.2, 0.25) is 5.02 Å². The fourth-order valence-corrected chi connectivity index (χ4v) is 8.88. The van der Waals surface area contributed by atoms with Crippen molar-refractivity contribution in [1.29, 1.82) is 0 Å². The molecule has 0 radical (unpaired) electrons. The monoisotopic (exact) mass is 684 g/mol. The number of sulfonamides is 1. The molecule has 1 saturated heterocycles. The molecule has 48 heavy (non-hydrogen) atoms. The largest absolute Gasteiger partial charge is 0.369 e. The third kappa shape index (κ3) is 6.68. The lowest BCUT2D eigenvalue weighted by Gasteiger charge is -2.36. The Kier molecular flexibility index (Phi) is 8.84. The highest BCUT2D eigenvalue weighted by molar-refractivity contribution is 7.88. The van der Waals surface area contributed by atoms with E-state index in [1.165, 1.54) is 35.9 Å². The minimum atomic E-state index is -3.33. The molecule has 0 atom stereocenters. The fourth-order valence-electron chi connectivity index (χ4n) is 7.87. The molecule has 0 amide bonds. The zero-order chi connectivity index (χ0) is 32.8. The molecule has 0 spiro atoms. The van der Waals surface area contributed by atoms with Gasteiger partial charge in [-0.3, -0.25) is 14.5 Å². The van der Waals surface area contributed by atoms with Crippen molar-refractivity contribution in [2.75, 3.05) is 57.0 Å². The van der Waals surface area contributed by atoms with E-state index >= 15 is 0 Å². The van der Waals surface area contributed by atoms with E-state index in [0.29, 0.717) is 24.5 Å². The molecule has 1 aromatic heterocycles. The lowest BCUT2D eigenvalue weighted by Crippen LogP contribution is -2.46. The highest BCUT2D eigenvalue weighted by Crippen LogP contribution is 2.38. The van der Waals surface area contributed by atoms with Gasteiger partial charge in [0.25, 0.3) is 0 Å². The molecule has 8 nitrogen and oxygen atoms in total. The average Bonchev–Trinajstić information content (AvgIpc) is 3.90. The second-order valence-electron chi connectivity index (χ2n) is 14.0. The third-order valence-electron chi connectivity index (χ3n) is 10.8. The number of hydrogen-bond donors (Lipinski definition) is 0. The molecule has 4 aromatic rings. The predicted octanol–water partition coefficient (Wildman–Crippen LogP) is 5.92. The summed E-state index contributed by atoms with van der Waals surface area (Å²) in [6, 6.07) is 24.4. The number of aryl methyl sites for hydroxylation is 1. The maximum Gasteiger partial charge on any atom is 0.211 e. The summed E-state index contributed by atoms with van der Waals surface area (Å²) in [7, 11) is -3.33. The Morgan fingerprint density at radius 2 is 1.60 bits per heavy atom. The number of rotatable bonds is 9. The van der Waals surface area contributed by atoms with Gasteiger partial charge in [-0.25, -0.2) is 8.42 Å². The van der Waals surface area contributed by atoms with Crippen molar-refractivity contribution in [3.05, 3.63) is 94.1 Å². The second-order valence-corrected chi connectivity index (χ2v) is 16.4. The number of aromatic nitrogens is 2. The van der Waals surface area contributed by atoms with Gasteiger partial charge in [0, 0.05) is 111 Å². The van der Waals surface area contributed by atoms with E-state index < -0.39 is 10.0 Å². The fraction of sp³-hybridized carbons (Fsp3) is 0.447. The number of para-hydroxylation sites is 1. The normalized spacial score (nSPS) is 19.3. The van der Waals surface area contributed by atoms with E-state index in [2.05, 4.69) is 74.0 Å². The summed E-state index contributed by atoms with van der Waals surface area (Å²) in [6.45, 7) is 8.99. The number of benzene rings is 3. The average molecular weight is 685 g/mol. The van der Waals surface area contributed by atoms with Crippen molar-refractivity contribution >= 4 is 27.3 Å². The van der Waals surface area contributed by atoms with E-state index in [1.54, 1.807) is 4.31 Å². The van der Waals surface area contributed by atoms with E-state index in [1.807, 2.05) is 12.1 Å².